The quantitative estimate of drug-likeness (QED) is 0.770. The minimum atomic E-state index is -4.55. The van der Waals surface area contributed by atoms with E-state index in [1.54, 1.807) is 4.68 Å². The van der Waals surface area contributed by atoms with Crippen LogP contribution in [0.5, 0.6) is 0 Å². The van der Waals surface area contributed by atoms with Gasteiger partial charge in [-0.25, -0.2) is 10.9 Å². The summed E-state index contributed by atoms with van der Waals surface area (Å²) in [6, 6.07) is -0.534. The van der Waals surface area contributed by atoms with Gasteiger partial charge in [-0.1, -0.05) is 0 Å². The largest absolute Gasteiger partial charge is 0.451 e. The number of aryl methyl sites for hydroxylation is 2. The van der Waals surface area contributed by atoms with E-state index in [-0.39, 0.29) is 37.4 Å². The van der Waals surface area contributed by atoms with E-state index < -0.39 is 18.0 Å². The van der Waals surface area contributed by atoms with Gasteiger partial charge in [0.1, 0.15) is 6.04 Å². The Balaban J connectivity index is 1.46. The molecule has 2 aliphatic rings. The zero-order chi connectivity index (χ0) is 20.2. The Morgan fingerprint density at radius 1 is 1.18 bits per heavy atom. The van der Waals surface area contributed by atoms with Crippen molar-refractivity contribution in [3.8, 4) is 0 Å². The standard InChI is InChI=1S/C16H21F3N8O/c1-8-13(9(2)25(3)24-8)10-6-11(21-20-10)14(28)26-4-5-27-12(7-26)22-23-15(27)16(17,18)19/h10-11,20-21H,4-7H2,1-3H3. The molecule has 0 spiro atoms. The molecule has 28 heavy (non-hydrogen) atoms. The molecule has 1 amide bonds. The summed E-state index contributed by atoms with van der Waals surface area (Å²) in [6.07, 6.45) is -4.02. The molecule has 0 saturated carbocycles. The Hall–Kier alpha value is -2.47. The normalized spacial score (nSPS) is 22.6. The molecule has 2 aromatic heterocycles. The Labute approximate surface area is 158 Å². The van der Waals surface area contributed by atoms with E-state index in [1.807, 2.05) is 20.9 Å². The van der Waals surface area contributed by atoms with Gasteiger partial charge >= 0.3 is 6.18 Å². The summed E-state index contributed by atoms with van der Waals surface area (Å²) in [7, 11) is 1.87. The number of fused-ring (bicyclic) bond motifs is 1. The lowest BCUT2D eigenvalue weighted by molar-refractivity contribution is -0.148. The van der Waals surface area contributed by atoms with Gasteiger partial charge in [0.25, 0.3) is 0 Å². The molecule has 1 fully saturated rings. The van der Waals surface area contributed by atoms with Gasteiger partial charge in [-0.2, -0.15) is 18.3 Å². The van der Waals surface area contributed by atoms with Gasteiger partial charge in [0.2, 0.25) is 11.7 Å². The van der Waals surface area contributed by atoms with Crippen molar-refractivity contribution in [3.63, 3.8) is 0 Å². The second kappa shape index (κ2) is 6.55. The topological polar surface area (TPSA) is 92.9 Å². The predicted molar refractivity (Wildman–Crippen MR) is 90.5 cm³/mol. The van der Waals surface area contributed by atoms with Crippen molar-refractivity contribution in [2.75, 3.05) is 6.54 Å². The number of carbonyl (C=O) groups excluding carboxylic acids is 1. The molecular formula is C16H21F3N8O. The number of hydrogen-bond acceptors (Lipinski definition) is 6. The maximum absolute atomic E-state index is 13.0. The molecule has 2 aromatic rings. The third-order valence-corrected chi connectivity index (χ3v) is 5.43. The predicted octanol–water partition coefficient (Wildman–Crippen LogP) is 0.597. The second-order valence-corrected chi connectivity index (χ2v) is 7.19. The van der Waals surface area contributed by atoms with Gasteiger partial charge in [-0.3, -0.25) is 9.48 Å². The molecule has 2 unspecified atom stereocenters. The van der Waals surface area contributed by atoms with Crippen LogP contribution in [0.25, 0.3) is 0 Å². The fourth-order valence-electron chi connectivity index (χ4n) is 3.98. The third kappa shape index (κ3) is 3.05. The lowest BCUT2D eigenvalue weighted by Gasteiger charge is -2.29. The van der Waals surface area contributed by atoms with Crippen molar-refractivity contribution < 1.29 is 18.0 Å². The number of nitrogens with one attached hydrogen (secondary N) is 2. The van der Waals surface area contributed by atoms with E-state index in [0.717, 1.165) is 21.5 Å². The van der Waals surface area contributed by atoms with Gasteiger partial charge < -0.3 is 9.47 Å². The zero-order valence-electron chi connectivity index (χ0n) is 15.7. The lowest BCUT2D eigenvalue weighted by atomic mass is 9.99. The van der Waals surface area contributed by atoms with Crippen molar-refractivity contribution in [1.82, 2.24) is 40.3 Å². The highest BCUT2D eigenvalue weighted by Crippen LogP contribution is 2.31. The SMILES string of the molecule is Cc1nn(C)c(C)c1C1CC(C(=O)N2CCn3c(nnc3C(F)(F)F)C2)NN1. The van der Waals surface area contributed by atoms with Gasteiger partial charge in [0.15, 0.2) is 5.82 Å². The molecule has 12 heteroatoms. The first-order valence-corrected chi connectivity index (χ1v) is 8.96. The number of rotatable bonds is 2. The maximum atomic E-state index is 13.0. The number of amides is 1. The first kappa shape index (κ1) is 18.9. The Morgan fingerprint density at radius 2 is 1.93 bits per heavy atom. The maximum Gasteiger partial charge on any atom is 0.451 e. The molecule has 0 bridgehead atoms. The minimum absolute atomic E-state index is 0.00963. The van der Waals surface area contributed by atoms with Crippen LogP contribution < -0.4 is 10.9 Å². The molecule has 4 rings (SSSR count). The fourth-order valence-corrected chi connectivity index (χ4v) is 3.98. The second-order valence-electron chi connectivity index (χ2n) is 7.19. The molecule has 1 saturated heterocycles. The average Bonchev–Trinajstić information content (AvgIpc) is 3.31. The minimum Gasteiger partial charge on any atom is -0.332 e. The zero-order valence-corrected chi connectivity index (χ0v) is 15.7. The monoisotopic (exact) mass is 398 g/mol. The van der Waals surface area contributed by atoms with Crippen LogP contribution in [0.3, 0.4) is 0 Å². The van der Waals surface area contributed by atoms with Crippen LogP contribution in [0.4, 0.5) is 13.2 Å². The molecule has 0 aliphatic carbocycles. The van der Waals surface area contributed by atoms with Crippen molar-refractivity contribution >= 4 is 5.91 Å². The molecule has 152 valence electrons. The highest BCUT2D eigenvalue weighted by molar-refractivity contribution is 5.82. The molecule has 0 radical (unpaired) electrons. The van der Waals surface area contributed by atoms with E-state index in [4.69, 9.17) is 0 Å². The Morgan fingerprint density at radius 3 is 2.57 bits per heavy atom. The summed E-state index contributed by atoms with van der Waals surface area (Å²) in [5.41, 5.74) is 9.15. The Kier molecular flexibility index (Phi) is 4.42. The van der Waals surface area contributed by atoms with Crippen LogP contribution in [0.2, 0.25) is 0 Å². The summed E-state index contributed by atoms with van der Waals surface area (Å²) >= 11 is 0. The number of nitrogens with zero attached hydrogens (tertiary/aromatic N) is 6. The molecule has 2 N–H and O–H groups in total. The summed E-state index contributed by atoms with van der Waals surface area (Å²) in [5.74, 6) is -1.04. The van der Waals surface area contributed by atoms with Crippen molar-refractivity contribution in [2.45, 2.75) is 51.6 Å². The van der Waals surface area contributed by atoms with Crippen molar-refractivity contribution in [1.29, 1.82) is 0 Å². The van der Waals surface area contributed by atoms with Gasteiger partial charge in [-0.15, -0.1) is 10.2 Å². The highest BCUT2D eigenvalue weighted by Gasteiger charge is 2.41. The summed E-state index contributed by atoms with van der Waals surface area (Å²) in [4.78, 5) is 14.4. The molecule has 4 heterocycles. The van der Waals surface area contributed by atoms with Crippen LogP contribution in [-0.2, 0) is 31.1 Å². The van der Waals surface area contributed by atoms with E-state index >= 15 is 0 Å². The number of alkyl halides is 3. The number of halogens is 3. The summed E-state index contributed by atoms with van der Waals surface area (Å²) in [6.45, 7) is 4.11. The first-order valence-electron chi connectivity index (χ1n) is 8.96. The van der Waals surface area contributed by atoms with Gasteiger partial charge in [0, 0.05) is 31.4 Å². The molecule has 2 aliphatic heterocycles. The van der Waals surface area contributed by atoms with Gasteiger partial charge in [-0.05, 0) is 20.3 Å². The molecule has 0 aromatic carbocycles. The number of aromatic nitrogens is 5. The van der Waals surface area contributed by atoms with Crippen molar-refractivity contribution in [2.24, 2.45) is 7.05 Å². The first-order chi connectivity index (χ1) is 13.2. The smallest absolute Gasteiger partial charge is 0.332 e. The van der Waals surface area contributed by atoms with E-state index in [0.29, 0.717) is 6.42 Å². The average molecular weight is 398 g/mol. The van der Waals surface area contributed by atoms with E-state index in [2.05, 4.69) is 26.1 Å². The summed E-state index contributed by atoms with van der Waals surface area (Å²) in [5, 5.41) is 11.3. The molecule has 9 nitrogen and oxygen atoms in total. The van der Waals surface area contributed by atoms with E-state index in [1.165, 1.54) is 4.90 Å². The van der Waals surface area contributed by atoms with Crippen LogP contribution in [0.1, 0.15) is 41.1 Å². The molecular weight excluding hydrogens is 377 g/mol. The third-order valence-electron chi connectivity index (χ3n) is 5.43. The van der Waals surface area contributed by atoms with Crippen LogP contribution in [-0.4, -0.2) is 47.9 Å². The molecule has 2 atom stereocenters. The van der Waals surface area contributed by atoms with E-state index in [9.17, 15) is 18.0 Å². The number of carbonyl (C=O) groups is 1. The summed E-state index contributed by atoms with van der Waals surface area (Å²) < 4.78 is 41.7. The van der Waals surface area contributed by atoms with Crippen LogP contribution >= 0.6 is 0 Å². The fraction of sp³-hybridized carbons (Fsp3) is 0.625. The van der Waals surface area contributed by atoms with Crippen LogP contribution in [0.15, 0.2) is 0 Å². The van der Waals surface area contributed by atoms with Gasteiger partial charge in [0.05, 0.1) is 18.3 Å². The lowest BCUT2D eigenvalue weighted by Crippen LogP contribution is -2.48. The Bertz CT molecular complexity index is 918. The number of hydrogen-bond donors (Lipinski definition) is 2. The highest BCUT2D eigenvalue weighted by atomic mass is 19.4. The number of hydrazine groups is 1. The van der Waals surface area contributed by atoms with Crippen molar-refractivity contribution in [3.05, 3.63) is 28.6 Å². The van der Waals surface area contributed by atoms with Crippen LogP contribution in [0, 0.1) is 13.8 Å².